The van der Waals surface area contributed by atoms with Crippen molar-refractivity contribution in [1.29, 1.82) is 0 Å². The van der Waals surface area contributed by atoms with Gasteiger partial charge in [0.1, 0.15) is 0 Å². The van der Waals surface area contributed by atoms with Crippen LogP contribution in [0, 0.1) is 0 Å². The van der Waals surface area contributed by atoms with Crippen molar-refractivity contribution in [2.24, 2.45) is 0 Å². The van der Waals surface area contributed by atoms with E-state index < -0.39 is 0 Å². The van der Waals surface area contributed by atoms with Crippen molar-refractivity contribution in [2.45, 2.75) is 6.54 Å². The third kappa shape index (κ3) is 4.97. The Morgan fingerprint density at radius 1 is 0.886 bits per heavy atom. The molecule has 9 heteroatoms. The maximum atomic E-state index is 13.1. The number of hydrogen-bond donors (Lipinski definition) is 2. The first-order chi connectivity index (χ1) is 17.0. The molecule has 0 radical (unpaired) electrons. The van der Waals surface area contributed by atoms with Crippen LogP contribution in [0.4, 0.5) is 5.82 Å². The average molecular weight is 508 g/mol. The molecule has 0 bridgehead atoms. The normalized spacial score (nSPS) is 13.8. The lowest BCUT2D eigenvalue weighted by atomic mass is 10.1. The highest BCUT2D eigenvalue weighted by molar-refractivity contribution is 6.36. The molecule has 0 saturated carbocycles. The first kappa shape index (κ1) is 23.2. The van der Waals surface area contributed by atoms with Gasteiger partial charge in [0.15, 0.2) is 5.82 Å². The van der Waals surface area contributed by atoms with Crippen molar-refractivity contribution in [3.63, 3.8) is 0 Å². The average Bonchev–Trinajstić information content (AvgIpc) is 3.30. The van der Waals surface area contributed by atoms with Gasteiger partial charge in [-0.15, -0.1) is 0 Å². The van der Waals surface area contributed by atoms with Gasteiger partial charge in [0.25, 0.3) is 11.8 Å². The molecule has 7 nitrogen and oxygen atoms in total. The van der Waals surface area contributed by atoms with Gasteiger partial charge in [-0.05, 0) is 48.0 Å². The maximum Gasteiger partial charge on any atom is 0.255 e. The van der Waals surface area contributed by atoms with E-state index in [0.29, 0.717) is 53.9 Å². The summed E-state index contributed by atoms with van der Waals surface area (Å²) in [6.07, 6.45) is 0. The van der Waals surface area contributed by atoms with Crippen LogP contribution in [0.2, 0.25) is 10.0 Å². The monoisotopic (exact) mass is 507 g/mol. The summed E-state index contributed by atoms with van der Waals surface area (Å²) in [7, 11) is 0. The SMILES string of the molecule is O=C(c1cccc(CNc2n[nH]c3ccccc23)c1)N1CCN(C(=O)c2ccc(Cl)cc2Cl)CC1. The number of piperazine rings is 1. The van der Waals surface area contributed by atoms with Crippen LogP contribution in [-0.2, 0) is 6.54 Å². The van der Waals surface area contributed by atoms with E-state index in [4.69, 9.17) is 23.2 Å². The van der Waals surface area contributed by atoms with Crippen LogP contribution in [0.15, 0.2) is 66.7 Å². The minimum absolute atomic E-state index is 0.0475. The summed E-state index contributed by atoms with van der Waals surface area (Å²) in [6, 6.07) is 20.3. The molecule has 4 aromatic rings. The van der Waals surface area contributed by atoms with Gasteiger partial charge < -0.3 is 15.1 Å². The third-order valence-electron chi connectivity index (χ3n) is 6.12. The molecule has 0 spiro atoms. The second kappa shape index (κ2) is 9.98. The molecular formula is C26H23Cl2N5O2. The lowest BCUT2D eigenvalue weighted by Crippen LogP contribution is -2.50. The molecule has 1 aromatic heterocycles. The third-order valence-corrected chi connectivity index (χ3v) is 6.67. The molecule has 0 atom stereocenters. The number of halogens is 2. The van der Waals surface area contributed by atoms with Gasteiger partial charge in [-0.3, -0.25) is 14.7 Å². The van der Waals surface area contributed by atoms with Gasteiger partial charge in [-0.1, -0.05) is 47.5 Å². The van der Waals surface area contributed by atoms with E-state index >= 15 is 0 Å². The summed E-state index contributed by atoms with van der Waals surface area (Å²) in [4.78, 5) is 29.5. The molecular weight excluding hydrogens is 485 g/mol. The van der Waals surface area contributed by atoms with Crippen LogP contribution in [0.25, 0.3) is 10.9 Å². The number of hydrogen-bond acceptors (Lipinski definition) is 4. The number of carbonyl (C=O) groups excluding carboxylic acids is 2. The number of aromatic amines is 1. The zero-order valence-corrected chi connectivity index (χ0v) is 20.3. The first-order valence-electron chi connectivity index (χ1n) is 11.3. The van der Waals surface area contributed by atoms with E-state index in [-0.39, 0.29) is 11.8 Å². The van der Waals surface area contributed by atoms with Crippen molar-refractivity contribution >= 4 is 51.7 Å². The largest absolute Gasteiger partial charge is 0.364 e. The van der Waals surface area contributed by atoms with Crippen LogP contribution in [0.3, 0.4) is 0 Å². The molecule has 1 saturated heterocycles. The van der Waals surface area contributed by atoms with Crippen LogP contribution in [-0.4, -0.2) is 58.0 Å². The molecule has 1 aliphatic rings. The fourth-order valence-corrected chi connectivity index (χ4v) is 4.72. The molecule has 0 aliphatic carbocycles. The molecule has 2 heterocycles. The second-order valence-electron chi connectivity index (χ2n) is 8.38. The smallest absolute Gasteiger partial charge is 0.255 e. The highest BCUT2D eigenvalue weighted by atomic mass is 35.5. The predicted molar refractivity (Wildman–Crippen MR) is 138 cm³/mol. The van der Waals surface area contributed by atoms with Gasteiger partial charge in [0, 0.05) is 48.7 Å². The number of fused-ring (bicyclic) bond motifs is 1. The van der Waals surface area contributed by atoms with Crippen molar-refractivity contribution in [1.82, 2.24) is 20.0 Å². The quantitative estimate of drug-likeness (QED) is 0.394. The molecule has 178 valence electrons. The lowest BCUT2D eigenvalue weighted by Gasteiger charge is -2.35. The summed E-state index contributed by atoms with van der Waals surface area (Å²) >= 11 is 12.1. The Morgan fingerprint density at radius 3 is 2.40 bits per heavy atom. The summed E-state index contributed by atoms with van der Waals surface area (Å²) in [5, 5.41) is 12.5. The highest BCUT2D eigenvalue weighted by Gasteiger charge is 2.26. The molecule has 35 heavy (non-hydrogen) atoms. The number of nitrogens with one attached hydrogen (secondary N) is 2. The molecule has 2 N–H and O–H groups in total. The second-order valence-corrected chi connectivity index (χ2v) is 9.22. The molecule has 0 unspecified atom stereocenters. The van der Waals surface area contributed by atoms with E-state index in [9.17, 15) is 9.59 Å². The lowest BCUT2D eigenvalue weighted by molar-refractivity contribution is 0.0535. The van der Waals surface area contributed by atoms with Gasteiger partial charge in [0.05, 0.1) is 16.1 Å². The maximum absolute atomic E-state index is 13.1. The summed E-state index contributed by atoms with van der Waals surface area (Å²) in [5.74, 6) is 0.574. The Labute approximate surface area is 212 Å². The Hall–Kier alpha value is -3.55. The number of nitrogens with zero attached hydrogens (tertiary/aromatic N) is 3. The number of amides is 2. The first-order valence-corrected chi connectivity index (χ1v) is 12.0. The van der Waals surface area contributed by atoms with E-state index in [1.807, 2.05) is 48.5 Å². The summed E-state index contributed by atoms with van der Waals surface area (Å²) in [6.45, 7) is 2.34. The highest BCUT2D eigenvalue weighted by Crippen LogP contribution is 2.23. The number of carbonyl (C=O) groups is 2. The minimum atomic E-state index is -0.155. The molecule has 1 fully saturated rings. The van der Waals surface area contributed by atoms with E-state index in [1.165, 1.54) is 0 Å². The van der Waals surface area contributed by atoms with Crippen LogP contribution in [0.5, 0.6) is 0 Å². The zero-order chi connectivity index (χ0) is 24.4. The van der Waals surface area contributed by atoms with Crippen molar-refractivity contribution in [3.8, 4) is 0 Å². The van der Waals surface area contributed by atoms with Crippen molar-refractivity contribution in [2.75, 3.05) is 31.5 Å². The number of aromatic nitrogens is 2. The summed E-state index contributed by atoms with van der Waals surface area (Å²) < 4.78 is 0. The van der Waals surface area contributed by atoms with Gasteiger partial charge in [-0.2, -0.15) is 5.10 Å². The Balaban J connectivity index is 1.20. The number of benzene rings is 3. The van der Waals surface area contributed by atoms with E-state index in [2.05, 4.69) is 15.5 Å². The Morgan fingerprint density at radius 2 is 1.63 bits per heavy atom. The number of rotatable bonds is 5. The number of anilines is 1. The molecule has 1 aliphatic heterocycles. The van der Waals surface area contributed by atoms with Crippen molar-refractivity contribution < 1.29 is 9.59 Å². The fourth-order valence-electron chi connectivity index (χ4n) is 4.23. The minimum Gasteiger partial charge on any atom is -0.364 e. The zero-order valence-electron chi connectivity index (χ0n) is 18.8. The fraction of sp³-hybridized carbons (Fsp3) is 0.192. The van der Waals surface area contributed by atoms with Crippen LogP contribution >= 0.6 is 23.2 Å². The van der Waals surface area contributed by atoms with Gasteiger partial charge >= 0.3 is 0 Å². The van der Waals surface area contributed by atoms with Gasteiger partial charge in [0.2, 0.25) is 0 Å². The Bertz CT molecular complexity index is 1400. The van der Waals surface area contributed by atoms with E-state index in [1.54, 1.807) is 28.0 Å². The molecule has 5 rings (SSSR count). The summed E-state index contributed by atoms with van der Waals surface area (Å²) in [5.41, 5.74) is 2.99. The topological polar surface area (TPSA) is 81.3 Å². The van der Waals surface area contributed by atoms with Crippen molar-refractivity contribution in [3.05, 3.63) is 93.5 Å². The number of para-hydroxylation sites is 1. The number of H-pyrrole nitrogens is 1. The van der Waals surface area contributed by atoms with Crippen LogP contribution < -0.4 is 5.32 Å². The predicted octanol–water partition coefficient (Wildman–Crippen LogP) is 5.08. The van der Waals surface area contributed by atoms with Crippen LogP contribution in [0.1, 0.15) is 26.3 Å². The molecule has 2 amide bonds. The molecule has 3 aromatic carbocycles. The standard InChI is InChI=1S/C26H23Cl2N5O2/c27-19-8-9-20(22(28)15-19)26(35)33-12-10-32(11-13-33)25(34)18-5-3-4-17(14-18)16-29-24-21-6-1-2-7-23(21)30-31-24/h1-9,14-15H,10-13,16H2,(H2,29,30,31). The van der Waals surface area contributed by atoms with Gasteiger partial charge in [-0.25, -0.2) is 0 Å². The van der Waals surface area contributed by atoms with E-state index in [0.717, 1.165) is 22.3 Å². The Kier molecular flexibility index (Phi) is 6.61.